The second kappa shape index (κ2) is 4.27. The summed E-state index contributed by atoms with van der Waals surface area (Å²) in [6, 6.07) is 4.62. The van der Waals surface area contributed by atoms with Crippen LogP contribution < -0.4 is 0 Å². The summed E-state index contributed by atoms with van der Waals surface area (Å²) < 4.78 is 13.6. The van der Waals surface area contributed by atoms with Gasteiger partial charge in [-0.2, -0.15) is 0 Å². The number of hydrogen-bond acceptors (Lipinski definition) is 1. The third-order valence-electron chi connectivity index (χ3n) is 2.57. The Hall–Kier alpha value is -0.960. The Morgan fingerprint density at radius 3 is 2.87 bits per heavy atom. The van der Waals surface area contributed by atoms with Crippen LogP contribution in [0.2, 0.25) is 0 Å². The van der Waals surface area contributed by atoms with E-state index in [2.05, 4.69) is 15.9 Å². The van der Waals surface area contributed by atoms with Crippen molar-refractivity contribution in [1.82, 2.24) is 0 Å². The van der Waals surface area contributed by atoms with Gasteiger partial charge in [-0.25, -0.2) is 4.39 Å². The lowest BCUT2D eigenvalue weighted by Gasteiger charge is -2.18. The number of rotatable bonds is 1. The number of benzene rings is 1. The SMILES string of the molecule is O=C1C=CCC(c2ccc(F)cc2Br)C1. The van der Waals surface area contributed by atoms with Crippen LogP contribution in [0.25, 0.3) is 0 Å². The van der Waals surface area contributed by atoms with E-state index in [-0.39, 0.29) is 17.5 Å². The molecule has 0 fully saturated rings. The summed E-state index contributed by atoms with van der Waals surface area (Å²) in [6.07, 6.45) is 4.86. The average molecular weight is 269 g/mol. The van der Waals surface area contributed by atoms with Crippen LogP contribution in [0, 0.1) is 5.82 Å². The van der Waals surface area contributed by atoms with E-state index in [9.17, 15) is 9.18 Å². The fourth-order valence-corrected chi connectivity index (χ4v) is 2.50. The molecule has 2 rings (SSSR count). The number of allylic oxidation sites excluding steroid dienone is 2. The van der Waals surface area contributed by atoms with Crippen molar-refractivity contribution in [2.45, 2.75) is 18.8 Å². The van der Waals surface area contributed by atoms with Gasteiger partial charge in [-0.05, 0) is 36.1 Å². The normalized spacial score (nSPS) is 20.7. The number of ketones is 1. The Morgan fingerprint density at radius 2 is 2.20 bits per heavy atom. The third-order valence-corrected chi connectivity index (χ3v) is 3.26. The highest BCUT2D eigenvalue weighted by Gasteiger charge is 2.19. The minimum absolute atomic E-state index is 0.141. The third kappa shape index (κ3) is 2.34. The standard InChI is InChI=1S/C12H10BrFO/c13-12-7-9(14)4-5-11(12)8-2-1-3-10(15)6-8/h1,3-5,7-8H,2,6H2. The molecule has 0 aliphatic heterocycles. The Labute approximate surface area is 96.1 Å². The fraction of sp³-hybridized carbons (Fsp3) is 0.250. The van der Waals surface area contributed by atoms with Crippen LogP contribution in [0.4, 0.5) is 4.39 Å². The van der Waals surface area contributed by atoms with Crippen LogP contribution >= 0.6 is 15.9 Å². The van der Waals surface area contributed by atoms with E-state index >= 15 is 0 Å². The molecule has 0 radical (unpaired) electrons. The number of hydrogen-bond donors (Lipinski definition) is 0. The molecule has 1 nitrogen and oxygen atoms in total. The molecule has 0 spiro atoms. The second-order valence-corrected chi connectivity index (χ2v) is 4.53. The summed E-state index contributed by atoms with van der Waals surface area (Å²) in [5.74, 6) is 0.0586. The molecule has 1 aliphatic carbocycles. The zero-order chi connectivity index (χ0) is 10.8. The molecule has 0 saturated carbocycles. The largest absolute Gasteiger partial charge is 0.295 e. The maximum Gasteiger partial charge on any atom is 0.155 e. The molecule has 3 heteroatoms. The van der Waals surface area contributed by atoms with Crippen molar-refractivity contribution in [2.24, 2.45) is 0 Å². The molecular weight excluding hydrogens is 259 g/mol. The van der Waals surface area contributed by atoms with E-state index in [1.807, 2.05) is 6.08 Å². The van der Waals surface area contributed by atoms with Gasteiger partial charge >= 0.3 is 0 Å². The van der Waals surface area contributed by atoms with Crippen LogP contribution in [0.1, 0.15) is 24.3 Å². The number of carbonyl (C=O) groups excluding carboxylic acids is 1. The Bertz CT molecular complexity index is 426. The van der Waals surface area contributed by atoms with Gasteiger partial charge in [-0.15, -0.1) is 0 Å². The molecule has 15 heavy (non-hydrogen) atoms. The predicted molar refractivity (Wildman–Crippen MR) is 60.2 cm³/mol. The predicted octanol–water partition coefficient (Wildman–Crippen LogP) is 3.59. The van der Waals surface area contributed by atoms with E-state index in [1.165, 1.54) is 12.1 Å². The van der Waals surface area contributed by atoms with Crippen molar-refractivity contribution in [3.8, 4) is 0 Å². The Balaban J connectivity index is 2.30. The first kappa shape index (κ1) is 10.6. The molecule has 0 saturated heterocycles. The van der Waals surface area contributed by atoms with Crippen LogP contribution in [0.15, 0.2) is 34.8 Å². The summed E-state index contributed by atoms with van der Waals surface area (Å²) in [5.41, 5.74) is 1.01. The van der Waals surface area contributed by atoms with Crippen molar-refractivity contribution in [1.29, 1.82) is 0 Å². The molecule has 0 heterocycles. The van der Waals surface area contributed by atoms with Gasteiger partial charge in [-0.1, -0.05) is 28.1 Å². The second-order valence-electron chi connectivity index (χ2n) is 3.67. The molecule has 1 aromatic carbocycles. The summed E-state index contributed by atoms with van der Waals surface area (Å²) in [7, 11) is 0. The number of halogens is 2. The van der Waals surface area contributed by atoms with Crippen LogP contribution in [-0.2, 0) is 4.79 Å². The molecule has 0 N–H and O–H groups in total. The minimum Gasteiger partial charge on any atom is -0.295 e. The van der Waals surface area contributed by atoms with Crippen LogP contribution in [-0.4, -0.2) is 5.78 Å². The summed E-state index contributed by atoms with van der Waals surface area (Å²) in [6.45, 7) is 0. The maximum atomic E-state index is 12.9. The van der Waals surface area contributed by atoms with Crippen LogP contribution in [0.5, 0.6) is 0 Å². The highest BCUT2D eigenvalue weighted by molar-refractivity contribution is 9.10. The lowest BCUT2D eigenvalue weighted by atomic mass is 9.87. The van der Waals surface area contributed by atoms with Gasteiger partial charge in [-0.3, -0.25) is 4.79 Å². The summed E-state index contributed by atoms with van der Waals surface area (Å²) in [5, 5.41) is 0. The average Bonchev–Trinajstić information content (AvgIpc) is 2.17. The van der Waals surface area contributed by atoms with Crippen molar-refractivity contribution in [2.75, 3.05) is 0 Å². The zero-order valence-electron chi connectivity index (χ0n) is 8.04. The lowest BCUT2D eigenvalue weighted by Crippen LogP contribution is -2.09. The van der Waals surface area contributed by atoms with Crippen LogP contribution in [0.3, 0.4) is 0 Å². The van der Waals surface area contributed by atoms with E-state index < -0.39 is 0 Å². The molecular formula is C12H10BrFO. The van der Waals surface area contributed by atoms with Gasteiger partial charge in [0.1, 0.15) is 5.82 Å². The molecule has 1 unspecified atom stereocenters. The monoisotopic (exact) mass is 268 g/mol. The first-order valence-electron chi connectivity index (χ1n) is 4.81. The highest BCUT2D eigenvalue weighted by Crippen LogP contribution is 2.33. The minimum atomic E-state index is -0.261. The fourth-order valence-electron chi connectivity index (χ4n) is 1.83. The van der Waals surface area contributed by atoms with Gasteiger partial charge in [0.25, 0.3) is 0 Å². The van der Waals surface area contributed by atoms with E-state index in [0.717, 1.165) is 16.5 Å². The first-order valence-corrected chi connectivity index (χ1v) is 5.60. The molecule has 0 bridgehead atoms. The van der Waals surface area contributed by atoms with Gasteiger partial charge < -0.3 is 0 Å². The van der Waals surface area contributed by atoms with Crippen molar-refractivity contribution in [3.05, 3.63) is 46.2 Å². The Kier molecular flexibility index (Phi) is 3.00. The molecule has 0 aromatic heterocycles. The van der Waals surface area contributed by atoms with E-state index in [1.54, 1.807) is 12.1 Å². The lowest BCUT2D eigenvalue weighted by molar-refractivity contribution is -0.115. The molecule has 78 valence electrons. The van der Waals surface area contributed by atoms with Crippen molar-refractivity contribution >= 4 is 21.7 Å². The van der Waals surface area contributed by atoms with Gasteiger partial charge in [0.2, 0.25) is 0 Å². The van der Waals surface area contributed by atoms with E-state index in [4.69, 9.17) is 0 Å². The molecule has 1 aliphatic rings. The summed E-state index contributed by atoms with van der Waals surface area (Å²) >= 11 is 3.33. The topological polar surface area (TPSA) is 17.1 Å². The van der Waals surface area contributed by atoms with Gasteiger partial charge in [0.15, 0.2) is 5.78 Å². The molecule has 1 aromatic rings. The maximum absolute atomic E-state index is 12.9. The smallest absolute Gasteiger partial charge is 0.155 e. The highest BCUT2D eigenvalue weighted by atomic mass is 79.9. The summed E-state index contributed by atoms with van der Waals surface area (Å²) in [4.78, 5) is 11.2. The zero-order valence-corrected chi connectivity index (χ0v) is 9.63. The Morgan fingerprint density at radius 1 is 1.40 bits per heavy atom. The quantitative estimate of drug-likeness (QED) is 0.761. The van der Waals surface area contributed by atoms with E-state index in [0.29, 0.717) is 6.42 Å². The van der Waals surface area contributed by atoms with Crippen molar-refractivity contribution in [3.63, 3.8) is 0 Å². The first-order chi connectivity index (χ1) is 7.16. The van der Waals surface area contributed by atoms with Crippen molar-refractivity contribution < 1.29 is 9.18 Å². The number of carbonyl (C=O) groups is 1. The molecule has 0 amide bonds. The van der Waals surface area contributed by atoms with Gasteiger partial charge in [0.05, 0.1) is 0 Å². The van der Waals surface area contributed by atoms with Gasteiger partial charge in [0, 0.05) is 10.9 Å². The molecule has 1 atom stereocenters.